The van der Waals surface area contributed by atoms with Crippen LogP contribution in [0.2, 0.25) is 0 Å². The molecule has 0 aliphatic rings. The van der Waals surface area contributed by atoms with E-state index in [4.69, 9.17) is 4.74 Å². The molecule has 154 valence electrons. The average molecular weight is 410 g/mol. The molecule has 1 heterocycles. The van der Waals surface area contributed by atoms with E-state index in [9.17, 15) is 18.4 Å². The fourth-order valence-corrected chi connectivity index (χ4v) is 3.08. The summed E-state index contributed by atoms with van der Waals surface area (Å²) in [7, 11) is 1.53. The summed E-state index contributed by atoms with van der Waals surface area (Å²) in [5.74, 6) is -1.76. The zero-order chi connectivity index (χ0) is 21.8. The second-order valence-corrected chi connectivity index (χ2v) is 6.65. The Kier molecular flexibility index (Phi) is 6.20. The molecule has 0 saturated heterocycles. The highest BCUT2D eigenvalue weighted by Crippen LogP contribution is 2.36. The van der Waals surface area contributed by atoms with Crippen molar-refractivity contribution in [2.24, 2.45) is 7.05 Å². The maximum absolute atomic E-state index is 14.2. The van der Waals surface area contributed by atoms with E-state index in [0.717, 1.165) is 12.1 Å². The van der Waals surface area contributed by atoms with Crippen molar-refractivity contribution in [2.75, 3.05) is 0 Å². The number of aryl methyl sites for hydroxylation is 2. The van der Waals surface area contributed by atoms with Crippen molar-refractivity contribution in [3.63, 3.8) is 0 Å². The van der Waals surface area contributed by atoms with Gasteiger partial charge in [-0.15, -0.1) is 0 Å². The third-order valence-corrected chi connectivity index (χ3v) is 4.59. The summed E-state index contributed by atoms with van der Waals surface area (Å²) in [6.07, 6.45) is 1.72. The summed E-state index contributed by atoms with van der Waals surface area (Å²) in [6.45, 7) is 5.34. The molecule has 0 aliphatic heterocycles. The van der Waals surface area contributed by atoms with Crippen molar-refractivity contribution in [3.05, 3.63) is 88.2 Å². The molecule has 1 aromatic heterocycles. The first-order chi connectivity index (χ1) is 14.3. The number of ether oxygens (including phenoxy) is 1. The van der Waals surface area contributed by atoms with Crippen LogP contribution in [0.5, 0.6) is 11.5 Å². The number of ketones is 1. The normalized spacial score (nSPS) is 10.7. The number of hydrogen-bond donors (Lipinski definition) is 0. The second kappa shape index (κ2) is 8.82. The van der Waals surface area contributed by atoms with Crippen LogP contribution < -0.4 is 10.3 Å². The maximum atomic E-state index is 14.2. The summed E-state index contributed by atoms with van der Waals surface area (Å²) in [5.41, 5.74) is 1.73. The third-order valence-electron chi connectivity index (χ3n) is 4.59. The predicted octanol–water partition coefficient (Wildman–Crippen LogP) is 4.38. The molecule has 0 atom stereocenters. The zero-order valence-electron chi connectivity index (χ0n) is 16.6. The van der Waals surface area contributed by atoms with Gasteiger partial charge >= 0.3 is 0 Å². The Labute approximate surface area is 172 Å². The summed E-state index contributed by atoms with van der Waals surface area (Å²) in [5, 5.41) is 4.32. The Hall–Kier alpha value is -3.61. The largest absolute Gasteiger partial charge is 0.454 e. The van der Waals surface area contributed by atoms with Crippen molar-refractivity contribution in [2.45, 2.75) is 19.8 Å². The highest BCUT2D eigenvalue weighted by atomic mass is 19.1. The van der Waals surface area contributed by atoms with Gasteiger partial charge in [0.05, 0.1) is 5.69 Å². The second-order valence-electron chi connectivity index (χ2n) is 6.65. The van der Waals surface area contributed by atoms with Crippen molar-refractivity contribution < 1.29 is 18.3 Å². The van der Waals surface area contributed by atoms with Gasteiger partial charge < -0.3 is 4.74 Å². The first-order valence-corrected chi connectivity index (χ1v) is 9.31. The molecule has 0 amide bonds. The van der Waals surface area contributed by atoms with Crippen molar-refractivity contribution >= 4 is 5.78 Å². The van der Waals surface area contributed by atoms with E-state index in [1.807, 2.05) is 6.92 Å². The van der Waals surface area contributed by atoms with E-state index in [-0.39, 0.29) is 29.3 Å². The van der Waals surface area contributed by atoms with E-state index in [0.29, 0.717) is 28.8 Å². The number of carbonyl (C=O) groups is 1. The van der Waals surface area contributed by atoms with Crippen LogP contribution in [-0.2, 0) is 24.7 Å². The predicted molar refractivity (Wildman–Crippen MR) is 110 cm³/mol. The molecule has 0 saturated carbocycles. The van der Waals surface area contributed by atoms with Crippen LogP contribution in [-0.4, -0.2) is 15.6 Å². The van der Waals surface area contributed by atoms with Crippen LogP contribution in [0.1, 0.15) is 18.1 Å². The van der Waals surface area contributed by atoms with Crippen LogP contribution in [0.4, 0.5) is 8.78 Å². The van der Waals surface area contributed by atoms with E-state index < -0.39 is 11.6 Å². The van der Waals surface area contributed by atoms with Crippen LogP contribution in [0.15, 0.2) is 59.9 Å². The molecule has 30 heavy (non-hydrogen) atoms. The first-order valence-electron chi connectivity index (χ1n) is 9.31. The number of allylic oxidation sites excluding steroid dienone is 1. The maximum Gasteiger partial charge on any atom is 0.269 e. The lowest BCUT2D eigenvalue weighted by Gasteiger charge is -2.16. The Morgan fingerprint density at radius 2 is 1.93 bits per heavy atom. The number of rotatable bonds is 7. The lowest BCUT2D eigenvalue weighted by Crippen LogP contribution is -2.23. The van der Waals surface area contributed by atoms with E-state index in [1.165, 1.54) is 23.9 Å². The molecule has 5 nitrogen and oxygen atoms in total. The van der Waals surface area contributed by atoms with Gasteiger partial charge in [-0.3, -0.25) is 9.59 Å². The van der Waals surface area contributed by atoms with Gasteiger partial charge in [0.25, 0.3) is 5.56 Å². The average Bonchev–Trinajstić information content (AvgIpc) is 2.72. The van der Waals surface area contributed by atoms with Gasteiger partial charge in [-0.2, -0.15) is 5.10 Å². The molecule has 3 rings (SSSR count). The molecule has 0 radical (unpaired) electrons. The Morgan fingerprint density at radius 1 is 1.17 bits per heavy atom. The molecule has 7 heteroatoms. The van der Waals surface area contributed by atoms with Crippen LogP contribution in [0.25, 0.3) is 11.3 Å². The molecule has 0 fully saturated rings. The van der Waals surface area contributed by atoms with Crippen molar-refractivity contribution in [3.8, 4) is 22.8 Å². The minimum absolute atomic E-state index is 0.0217. The van der Waals surface area contributed by atoms with Crippen LogP contribution >= 0.6 is 0 Å². The number of aromatic nitrogens is 2. The molecule has 0 aliphatic carbocycles. The summed E-state index contributed by atoms with van der Waals surface area (Å²) >= 11 is 0. The fourth-order valence-electron chi connectivity index (χ4n) is 3.08. The minimum atomic E-state index is -0.865. The standard InChI is InChI=1S/C23H20F2N2O3/c1-4-14-12-19(26-27(3)23(14)29)22-15(11-17(28)5-2)7-6-8-21(22)30-20-10-9-16(24)13-18(20)25/h5-10,12-13H,2,4,11H2,1,3H3. The monoisotopic (exact) mass is 410 g/mol. The van der Waals surface area contributed by atoms with Gasteiger partial charge in [-0.1, -0.05) is 25.6 Å². The summed E-state index contributed by atoms with van der Waals surface area (Å²) < 4.78 is 34.4. The van der Waals surface area contributed by atoms with Gasteiger partial charge in [-0.05, 0) is 42.3 Å². The lowest BCUT2D eigenvalue weighted by atomic mass is 9.97. The zero-order valence-corrected chi connectivity index (χ0v) is 16.6. The van der Waals surface area contributed by atoms with Crippen molar-refractivity contribution in [1.82, 2.24) is 9.78 Å². The molecule has 0 N–H and O–H groups in total. The van der Waals surface area contributed by atoms with Gasteiger partial charge in [0.2, 0.25) is 0 Å². The highest BCUT2D eigenvalue weighted by Gasteiger charge is 2.19. The number of halogens is 2. The molecule has 3 aromatic rings. The van der Waals surface area contributed by atoms with Gasteiger partial charge in [0, 0.05) is 30.7 Å². The third kappa shape index (κ3) is 4.35. The van der Waals surface area contributed by atoms with Crippen LogP contribution in [0.3, 0.4) is 0 Å². The quantitative estimate of drug-likeness (QED) is 0.543. The number of hydrogen-bond acceptors (Lipinski definition) is 4. The molecule has 0 spiro atoms. The van der Waals surface area contributed by atoms with Crippen molar-refractivity contribution in [1.29, 1.82) is 0 Å². The Morgan fingerprint density at radius 3 is 2.60 bits per heavy atom. The molecule has 2 aromatic carbocycles. The number of benzene rings is 2. The lowest BCUT2D eigenvalue weighted by molar-refractivity contribution is -0.114. The fraction of sp³-hybridized carbons (Fsp3) is 0.174. The SMILES string of the molecule is C=CC(=O)Cc1cccc(Oc2ccc(F)cc2F)c1-c1cc(CC)c(=O)n(C)n1. The highest BCUT2D eigenvalue weighted by molar-refractivity contribution is 5.92. The van der Waals surface area contributed by atoms with E-state index >= 15 is 0 Å². The van der Waals surface area contributed by atoms with Gasteiger partial charge in [0.1, 0.15) is 11.6 Å². The minimum Gasteiger partial charge on any atom is -0.454 e. The van der Waals surface area contributed by atoms with E-state index in [2.05, 4.69) is 11.7 Å². The molecule has 0 unspecified atom stereocenters. The molecule has 0 bridgehead atoms. The van der Waals surface area contributed by atoms with Gasteiger partial charge in [0.15, 0.2) is 17.3 Å². The van der Waals surface area contributed by atoms with Crippen LogP contribution in [0, 0.1) is 11.6 Å². The smallest absolute Gasteiger partial charge is 0.269 e. The number of carbonyl (C=O) groups excluding carboxylic acids is 1. The Balaban J connectivity index is 2.22. The molecular formula is C23H20F2N2O3. The Bertz CT molecular complexity index is 1190. The summed E-state index contributed by atoms with van der Waals surface area (Å²) in [4.78, 5) is 24.3. The summed E-state index contributed by atoms with van der Waals surface area (Å²) in [6, 6.07) is 9.60. The number of nitrogens with zero attached hydrogens (tertiary/aromatic N) is 2. The molecular weight excluding hydrogens is 390 g/mol. The topological polar surface area (TPSA) is 61.2 Å². The van der Waals surface area contributed by atoms with Gasteiger partial charge in [-0.25, -0.2) is 13.5 Å². The van der Waals surface area contributed by atoms with E-state index in [1.54, 1.807) is 24.3 Å². The first kappa shape index (κ1) is 21.1.